The van der Waals surface area contributed by atoms with Gasteiger partial charge in [-0.3, -0.25) is 0 Å². The molecule has 1 aliphatic heterocycles. The van der Waals surface area contributed by atoms with Crippen LogP contribution in [0.1, 0.15) is 32.1 Å². The minimum atomic E-state index is 0.706. The van der Waals surface area contributed by atoms with E-state index in [9.17, 15) is 0 Å². The first-order valence-corrected chi connectivity index (χ1v) is 7.50. The number of rotatable bonds is 1. The molecule has 1 saturated carbocycles. The van der Waals surface area contributed by atoms with Crippen LogP contribution in [0.5, 0.6) is 0 Å². The van der Waals surface area contributed by atoms with Crippen LogP contribution in [0.3, 0.4) is 0 Å². The summed E-state index contributed by atoms with van der Waals surface area (Å²) in [6.07, 6.45) is 6.80. The van der Waals surface area contributed by atoms with E-state index in [2.05, 4.69) is 21.8 Å². The molecule has 2 nitrogen and oxygen atoms in total. The van der Waals surface area contributed by atoms with Crippen molar-refractivity contribution in [3.05, 3.63) is 23.2 Å². The highest BCUT2D eigenvalue weighted by Crippen LogP contribution is 2.37. The highest BCUT2D eigenvalue weighted by Gasteiger charge is 2.25. The fourth-order valence-corrected chi connectivity index (χ4v) is 3.86. The molecule has 0 bridgehead atoms. The molecule has 0 atom stereocenters. The molecule has 0 spiro atoms. The SMILES string of the molecule is Clc1ccc2c(c1)SNCN2C1CCCCC1. The first-order chi connectivity index (χ1) is 8.34. The van der Waals surface area contributed by atoms with E-state index in [4.69, 9.17) is 11.6 Å². The van der Waals surface area contributed by atoms with Crippen LogP contribution in [0, 0.1) is 0 Å². The van der Waals surface area contributed by atoms with Crippen molar-refractivity contribution in [1.82, 2.24) is 4.72 Å². The molecule has 0 unspecified atom stereocenters. The topological polar surface area (TPSA) is 15.3 Å². The Bertz CT molecular complexity index is 404. The summed E-state index contributed by atoms with van der Waals surface area (Å²) in [6, 6.07) is 6.93. The summed E-state index contributed by atoms with van der Waals surface area (Å²) >= 11 is 7.75. The Labute approximate surface area is 112 Å². The molecule has 92 valence electrons. The maximum Gasteiger partial charge on any atom is 0.0781 e. The van der Waals surface area contributed by atoms with Crippen molar-refractivity contribution < 1.29 is 0 Å². The van der Waals surface area contributed by atoms with Gasteiger partial charge in [-0.1, -0.05) is 30.9 Å². The smallest absolute Gasteiger partial charge is 0.0781 e. The summed E-state index contributed by atoms with van der Waals surface area (Å²) in [5.74, 6) is 0. The second-order valence-corrected chi connectivity index (χ2v) is 6.15. The minimum absolute atomic E-state index is 0.706. The van der Waals surface area contributed by atoms with E-state index in [1.807, 2.05) is 6.07 Å². The molecule has 3 rings (SSSR count). The van der Waals surface area contributed by atoms with E-state index in [0.717, 1.165) is 11.7 Å². The monoisotopic (exact) mass is 268 g/mol. The summed E-state index contributed by atoms with van der Waals surface area (Å²) in [5, 5.41) is 0.823. The summed E-state index contributed by atoms with van der Waals surface area (Å²) in [4.78, 5) is 3.77. The Morgan fingerprint density at radius 3 is 2.88 bits per heavy atom. The van der Waals surface area contributed by atoms with Crippen molar-refractivity contribution in [2.45, 2.75) is 43.0 Å². The number of halogens is 1. The van der Waals surface area contributed by atoms with Crippen molar-refractivity contribution in [3.63, 3.8) is 0 Å². The number of hydrogen-bond acceptors (Lipinski definition) is 3. The lowest BCUT2D eigenvalue weighted by Gasteiger charge is -2.39. The molecule has 4 heteroatoms. The fourth-order valence-electron chi connectivity index (χ4n) is 2.79. The Kier molecular flexibility index (Phi) is 3.50. The minimum Gasteiger partial charge on any atom is -0.354 e. The molecular formula is C13H17ClN2S. The standard InChI is InChI=1S/C13H17ClN2S/c14-10-6-7-12-13(8-10)17-15-9-16(12)11-4-2-1-3-5-11/h6-8,11,15H,1-5,9H2. The molecule has 2 aliphatic rings. The van der Waals surface area contributed by atoms with E-state index in [1.165, 1.54) is 42.7 Å². The van der Waals surface area contributed by atoms with E-state index in [0.29, 0.717) is 6.04 Å². The van der Waals surface area contributed by atoms with Gasteiger partial charge in [-0.05, 0) is 43.0 Å². The second-order valence-electron chi connectivity index (χ2n) is 4.78. The van der Waals surface area contributed by atoms with Crippen LogP contribution in [0.4, 0.5) is 5.69 Å². The number of nitrogens with one attached hydrogen (secondary N) is 1. The molecule has 1 fully saturated rings. The number of anilines is 1. The molecule has 1 aliphatic carbocycles. The predicted molar refractivity (Wildman–Crippen MR) is 74.7 cm³/mol. The maximum absolute atomic E-state index is 6.05. The van der Waals surface area contributed by atoms with Gasteiger partial charge in [-0.15, -0.1) is 0 Å². The lowest BCUT2D eigenvalue weighted by molar-refractivity contribution is 0.411. The Morgan fingerprint density at radius 1 is 1.24 bits per heavy atom. The molecule has 0 aromatic heterocycles. The quantitative estimate of drug-likeness (QED) is 0.774. The van der Waals surface area contributed by atoms with Gasteiger partial charge in [0.1, 0.15) is 0 Å². The van der Waals surface area contributed by atoms with Gasteiger partial charge in [0, 0.05) is 16.0 Å². The van der Waals surface area contributed by atoms with Gasteiger partial charge >= 0.3 is 0 Å². The summed E-state index contributed by atoms with van der Waals surface area (Å²) in [6.45, 7) is 0.948. The lowest BCUT2D eigenvalue weighted by Crippen LogP contribution is -2.43. The number of hydrogen-bond donors (Lipinski definition) is 1. The first-order valence-electron chi connectivity index (χ1n) is 6.30. The Balaban J connectivity index is 1.88. The van der Waals surface area contributed by atoms with Crippen molar-refractivity contribution in [2.24, 2.45) is 0 Å². The third kappa shape index (κ3) is 2.42. The van der Waals surface area contributed by atoms with Gasteiger partial charge < -0.3 is 4.90 Å². The van der Waals surface area contributed by atoms with Crippen LogP contribution in [0.15, 0.2) is 23.1 Å². The first kappa shape index (κ1) is 11.7. The highest BCUT2D eigenvalue weighted by atomic mass is 35.5. The largest absolute Gasteiger partial charge is 0.354 e. The van der Waals surface area contributed by atoms with Crippen molar-refractivity contribution in [1.29, 1.82) is 0 Å². The van der Waals surface area contributed by atoms with Gasteiger partial charge in [0.25, 0.3) is 0 Å². The van der Waals surface area contributed by atoms with E-state index in [1.54, 1.807) is 11.9 Å². The third-order valence-electron chi connectivity index (χ3n) is 3.66. The normalized spacial score (nSPS) is 21.4. The average Bonchev–Trinajstić information content (AvgIpc) is 2.39. The number of fused-ring (bicyclic) bond motifs is 1. The zero-order chi connectivity index (χ0) is 11.7. The Hall–Kier alpha value is -0.380. The number of benzene rings is 1. The van der Waals surface area contributed by atoms with E-state index >= 15 is 0 Å². The molecule has 1 aromatic carbocycles. The summed E-state index contributed by atoms with van der Waals surface area (Å²) in [7, 11) is 0. The Morgan fingerprint density at radius 2 is 2.06 bits per heavy atom. The number of nitrogens with zero attached hydrogens (tertiary/aromatic N) is 1. The van der Waals surface area contributed by atoms with Gasteiger partial charge in [0.05, 0.1) is 12.4 Å². The third-order valence-corrected chi connectivity index (χ3v) is 4.72. The van der Waals surface area contributed by atoms with Crippen LogP contribution >= 0.6 is 23.5 Å². The van der Waals surface area contributed by atoms with Gasteiger partial charge in [-0.2, -0.15) is 0 Å². The van der Waals surface area contributed by atoms with E-state index < -0.39 is 0 Å². The van der Waals surface area contributed by atoms with Crippen LogP contribution in [0.25, 0.3) is 0 Å². The molecule has 17 heavy (non-hydrogen) atoms. The average molecular weight is 269 g/mol. The maximum atomic E-state index is 6.05. The van der Waals surface area contributed by atoms with Gasteiger partial charge in [0.2, 0.25) is 0 Å². The van der Waals surface area contributed by atoms with Crippen LogP contribution in [-0.2, 0) is 0 Å². The van der Waals surface area contributed by atoms with Crippen LogP contribution in [-0.4, -0.2) is 12.7 Å². The van der Waals surface area contributed by atoms with Crippen molar-refractivity contribution in [3.8, 4) is 0 Å². The van der Waals surface area contributed by atoms with Gasteiger partial charge in [-0.25, -0.2) is 4.72 Å². The van der Waals surface area contributed by atoms with E-state index in [-0.39, 0.29) is 0 Å². The zero-order valence-corrected chi connectivity index (χ0v) is 11.4. The summed E-state index contributed by atoms with van der Waals surface area (Å²) < 4.78 is 3.40. The van der Waals surface area contributed by atoms with Crippen LogP contribution in [0.2, 0.25) is 5.02 Å². The molecule has 1 heterocycles. The zero-order valence-electron chi connectivity index (χ0n) is 9.79. The van der Waals surface area contributed by atoms with Crippen molar-refractivity contribution >= 4 is 29.2 Å². The molecule has 0 amide bonds. The molecule has 0 radical (unpaired) electrons. The predicted octanol–water partition coefficient (Wildman–Crippen LogP) is 4.05. The highest BCUT2D eigenvalue weighted by molar-refractivity contribution is 7.97. The molecule has 1 N–H and O–H groups in total. The van der Waals surface area contributed by atoms with Crippen LogP contribution < -0.4 is 9.62 Å². The molecule has 1 aromatic rings. The van der Waals surface area contributed by atoms with Crippen molar-refractivity contribution in [2.75, 3.05) is 11.6 Å². The lowest BCUT2D eigenvalue weighted by atomic mass is 9.94. The molecular weight excluding hydrogens is 252 g/mol. The summed E-state index contributed by atoms with van der Waals surface area (Å²) in [5.41, 5.74) is 1.35. The second kappa shape index (κ2) is 5.09. The van der Waals surface area contributed by atoms with Gasteiger partial charge in [0.15, 0.2) is 0 Å². The fraction of sp³-hybridized carbons (Fsp3) is 0.538. The molecule has 0 saturated heterocycles.